The number of nitrogens with one attached hydrogen (secondary N) is 1. The van der Waals surface area contributed by atoms with Crippen LogP contribution in [0, 0.1) is 0 Å². The predicted octanol–water partition coefficient (Wildman–Crippen LogP) is 1.50. The quantitative estimate of drug-likeness (QED) is 0.746. The molecule has 2 N–H and O–H groups in total. The number of pyridine rings is 1. The zero-order chi connectivity index (χ0) is 10.4. The van der Waals surface area contributed by atoms with Gasteiger partial charge in [0.1, 0.15) is 0 Å². The summed E-state index contributed by atoms with van der Waals surface area (Å²) in [6, 6.07) is 4.37. The van der Waals surface area contributed by atoms with Gasteiger partial charge in [-0.05, 0) is 25.0 Å². The molecule has 2 atom stereocenters. The summed E-state index contributed by atoms with van der Waals surface area (Å²) in [4.78, 5) is 4.06. The molecular formula is C11H18N2O. The first kappa shape index (κ1) is 11.1. The number of aliphatic hydroxyl groups excluding tert-OH is 1. The summed E-state index contributed by atoms with van der Waals surface area (Å²) >= 11 is 0. The number of aromatic nitrogens is 1. The average molecular weight is 194 g/mol. The molecule has 1 rings (SSSR count). The Hall–Kier alpha value is -0.930. The van der Waals surface area contributed by atoms with Crippen LogP contribution in [0.5, 0.6) is 0 Å². The molecule has 0 saturated heterocycles. The molecule has 1 aromatic rings. The Kier molecular flexibility index (Phi) is 4.56. The molecule has 1 aromatic heterocycles. The molecule has 0 spiro atoms. The minimum absolute atomic E-state index is 0.171. The van der Waals surface area contributed by atoms with Crippen molar-refractivity contribution in [2.24, 2.45) is 0 Å². The van der Waals surface area contributed by atoms with Gasteiger partial charge in [0.2, 0.25) is 0 Å². The van der Waals surface area contributed by atoms with Crippen LogP contribution in [0.1, 0.15) is 31.9 Å². The van der Waals surface area contributed by atoms with Gasteiger partial charge in [-0.1, -0.05) is 13.0 Å². The lowest BCUT2D eigenvalue weighted by molar-refractivity contribution is 0.230. The zero-order valence-corrected chi connectivity index (χ0v) is 8.77. The van der Waals surface area contributed by atoms with E-state index in [1.54, 1.807) is 6.20 Å². The van der Waals surface area contributed by atoms with E-state index < -0.39 is 0 Å². The predicted molar refractivity (Wildman–Crippen MR) is 57.0 cm³/mol. The Bertz CT molecular complexity index is 247. The van der Waals surface area contributed by atoms with Crippen LogP contribution in [0.4, 0.5) is 0 Å². The van der Waals surface area contributed by atoms with E-state index in [1.165, 1.54) is 0 Å². The van der Waals surface area contributed by atoms with Crippen molar-refractivity contribution >= 4 is 0 Å². The van der Waals surface area contributed by atoms with Crippen LogP contribution in [0.25, 0.3) is 0 Å². The molecule has 0 aromatic carbocycles. The Balaban J connectivity index is 2.54. The smallest absolute Gasteiger partial charge is 0.0584 e. The maximum atomic E-state index is 9.04. The first-order chi connectivity index (χ1) is 6.77. The van der Waals surface area contributed by atoms with Gasteiger partial charge in [-0.15, -0.1) is 0 Å². The number of aliphatic hydroxyl groups is 1. The van der Waals surface area contributed by atoms with Gasteiger partial charge in [0.15, 0.2) is 0 Å². The molecule has 14 heavy (non-hydrogen) atoms. The third kappa shape index (κ3) is 3.09. The highest BCUT2D eigenvalue weighted by molar-refractivity contribution is 5.12. The monoisotopic (exact) mass is 194 g/mol. The third-order valence-corrected chi connectivity index (χ3v) is 2.38. The molecule has 0 amide bonds. The van der Waals surface area contributed by atoms with Crippen LogP contribution in [-0.4, -0.2) is 22.7 Å². The molecule has 3 heteroatoms. The van der Waals surface area contributed by atoms with Crippen molar-refractivity contribution in [3.63, 3.8) is 0 Å². The Morgan fingerprint density at radius 3 is 2.86 bits per heavy atom. The topological polar surface area (TPSA) is 45.1 Å². The van der Waals surface area contributed by atoms with Crippen molar-refractivity contribution in [1.82, 2.24) is 10.3 Å². The fraction of sp³-hybridized carbons (Fsp3) is 0.545. The van der Waals surface area contributed by atoms with Crippen LogP contribution in [0.3, 0.4) is 0 Å². The maximum Gasteiger partial charge on any atom is 0.0584 e. The average Bonchev–Trinajstić information content (AvgIpc) is 2.26. The normalized spacial score (nSPS) is 15.1. The van der Waals surface area contributed by atoms with Crippen molar-refractivity contribution in [2.75, 3.05) is 6.61 Å². The Labute approximate surface area is 85.2 Å². The molecule has 0 radical (unpaired) electrons. The fourth-order valence-corrected chi connectivity index (χ4v) is 1.38. The van der Waals surface area contributed by atoms with Crippen molar-refractivity contribution in [1.29, 1.82) is 0 Å². The third-order valence-electron chi connectivity index (χ3n) is 2.38. The van der Waals surface area contributed by atoms with Crippen molar-refractivity contribution in [3.05, 3.63) is 30.1 Å². The lowest BCUT2D eigenvalue weighted by Gasteiger charge is -2.20. The molecular weight excluding hydrogens is 176 g/mol. The van der Waals surface area contributed by atoms with Crippen LogP contribution >= 0.6 is 0 Å². The van der Waals surface area contributed by atoms with Crippen LogP contribution in [-0.2, 0) is 0 Å². The lowest BCUT2D eigenvalue weighted by atomic mass is 10.1. The second-order valence-electron chi connectivity index (χ2n) is 3.46. The van der Waals surface area contributed by atoms with Crippen molar-refractivity contribution in [2.45, 2.75) is 32.4 Å². The number of rotatable bonds is 5. The molecule has 0 fully saturated rings. The number of hydrogen-bond donors (Lipinski definition) is 2. The number of hydrogen-bond acceptors (Lipinski definition) is 3. The Morgan fingerprint density at radius 2 is 2.36 bits per heavy atom. The van der Waals surface area contributed by atoms with E-state index in [0.29, 0.717) is 0 Å². The summed E-state index contributed by atoms with van der Waals surface area (Å²) in [7, 11) is 0. The first-order valence-electron chi connectivity index (χ1n) is 5.04. The highest BCUT2D eigenvalue weighted by Crippen LogP contribution is 2.11. The van der Waals surface area contributed by atoms with Gasteiger partial charge in [0.05, 0.1) is 6.61 Å². The maximum absolute atomic E-state index is 9.04. The molecule has 3 nitrogen and oxygen atoms in total. The standard InChI is InChI=1S/C11H18N2O/c1-3-11(8-14)13-9(2)10-5-4-6-12-7-10/h4-7,9,11,13-14H,3,8H2,1-2H3/t9-,11+/m0/s1. The van der Waals surface area contributed by atoms with Crippen LogP contribution in [0.2, 0.25) is 0 Å². The summed E-state index contributed by atoms with van der Waals surface area (Å²) in [5.74, 6) is 0. The van der Waals surface area contributed by atoms with E-state index in [4.69, 9.17) is 5.11 Å². The van der Waals surface area contributed by atoms with Gasteiger partial charge in [0, 0.05) is 24.5 Å². The van der Waals surface area contributed by atoms with Gasteiger partial charge in [-0.3, -0.25) is 4.98 Å². The largest absolute Gasteiger partial charge is 0.395 e. The summed E-state index contributed by atoms with van der Waals surface area (Å²) < 4.78 is 0. The summed E-state index contributed by atoms with van der Waals surface area (Å²) in [6.45, 7) is 4.32. The van der Waals surface area contributed by atoms with Crippen LogP contribution in [0.15, 0.2) is 24.5 Å². The minimum atomic E-state index is 0.171. The molecule has 0 saturated carbocycles. The lowest BCUT2D eigenvalue weighted by Crippen LogP contribution is -2.33. The van der Waals surface area contributed by atoms with E-state index in [2.05, 4.69) is 24.1 Å². The SMILES string of the molecule is CC[C@H](CO)N[C@@H](C)c1cccnc1. The molecule has 0 bridgehead atoms. The van der Waals surface area contributed by atoms with Gasteiger partial charge in [0.25, 0.3) is 0 Å². The fourth-order valence-electron chi connectivity index (χ4n) is 1.38. The summed E-state index contributed by atoms with van der Waals surface area (Å²) in [6.07, 6.45) is 4.54. The van der Waals surface area contributed by atoms with Gasteiger partial charge >= 0.3 is 0 Å². The summed E-state index contributed by atoms with van der Waals surface area (Å²) in [5.41, 5.74) is 1.15. The summed E-state index contributed by atoms with van der Waals surface area (Å²) in [5, 5.41) is 12.4. The molecule has 0 unspecified atom stereocenters. The van der Waals surface area contributed by atoms with Crippen molar-refractivity contribution < 1.29 is 5.11 Å². The highest BCUT2D eigenvalue weighted by atomic mass is 16.3. The highest BCUT2D eigenvalue weighted by Gasteiger charge is 2.10. The molecule has 0 aliphatic carbocycles. The van der Waals surface area contributed by atoms with Crippen LogP contribution < -0.4 is 5.32 Å². The van der Waals surface area contributed by atoms with Gasteiger partial charge in [-0.2, -0.15) is 0 Å². The molecule has 0 aliphatic rings. The zero-order valence-electron chi connectivity index (χ0n) is 8.77. The second kappa shape index (κ2) is 5.73. The molecule has 1 heterocycles. The number of nitrogens with zero attached hydrogens (tertiary/aromatic N) is 1. The van der Waals surface area contributed by atoms with Crippen molar-refractivity contribution in [3.8, 4) is 0 Å². The second-order valence-corrected chi connectivity index (χ2v) is 3.46. The van der Waals surface area contributed by atoms with Gasteiger partial charge < -0.3 is 10.4 Å². The molecule has 78 valence electrons. The first-order valence-corrected chi connectivity index (χ1v) is 5.04. The minimum Gasteiger partial charge on any atom is -0.395 e. The van der Waals surface area contributed by atoms with Gasteiger partial charge in [-0.25, -0.2) is 0 Å². The van der Waals surface area contributed by atoms with E-state index >= 15 is 0 Å². The molecule has 0 aliphatic heterocycles. The van der Waals surface area contributed by atoms with E-state index in [0.717, 1.165) is 12.0 Å². The van der Waals surface area contributed by atoms with E-state index in [9.17, 15) is 0 Å². The van der Waals surface area contributed by atoms with E-state index in [1.807, 2.05) is 18.3 Å². The Morgan fingerprint density at radius 1 is 1.57 bits per heavy atom. The van der Waals surface area contributed by atoms with E-state index in [-0.39, 0.29) is 18.7 Å².